The van der Waals surface area contributed by atoms with Crippen molar-refractivity contribution >= 4 is 45.9 Å². The molecule has 1 unspecified atom stereocenters. The van der Waals surface area contributed by atoms with Crippen LogP contribution >= 0.6 is 22.9 Å². The molecule has 17 heteroatoms. The molecule has 196 valence electrons. The minimum Gasteiger partial charge on any atom is -0.479 e. The van der Waals surface area contributed by atoms with Crippen LogP contribution in [0, 0.1) is 0 Å². The van der Waals surface area contributed by atoms with Crippen molar-refractivity contribution in [2.75, 3.05) is 12.3 Å². The van der Waals surface area contributed by atoms with E-state index in [4.69, 9.17) is 26.8 Å². The van der Waals surface area contributed by atoms with Gasteiger partial charge in [0.05, 0.1) is 12.9 Å². The lowest BCUT2D eigenvalue weighted by Gasteiger charge is -2.28. The summed E-state index contributed by atoms with van der Waals surface area (Å²) in [6.07, 6.45) is -2.71. The number of imidazole rings is 1. The number of aliphatic carboxylic acids is 1. The molecule has 0 spiro atoms. The summed E-state index contributed by atoms with van der Waals surface area (Å²) in [5.74, 6) is -1.46. The summed E-state index contributed by atoms with van der Waals surface area (Å²) in [4.78, 5) is 24.5. The molecule has 1 aliphatic heterocycles. The first-order valence-electron chi connectivity index (χ1n) is 11.1. The predicted molar refractivity (Wildman–Crippen MR) is 127 cm³/mol. The number of carboxylic acid groups (broad SMARTS) is 1. The van der Waals surface area contributed by atoms with Gasteiger partial charge in [0.1, 0.15) is 23.8 Å². The van der Waals surface area contributed by atoms with Gasteiger partial charge >= 0.3 is 5.97 Å². The van der Waals surface area contributed by atoms with Crippen molar-refractivity contribution in [1.29, 1.82) is 0 Å². The van der Waals surface area contributed by atoms with Gasteiger partial charge in [-0.25, -0.2) is 9.78 Å². The van der Waals surface area contributed by atoms with E-state index < -0.39 is 42.7 Å². The third kappa shape index (κ3) is 4.74. The van der Waals surface area contributed by atoms with Gasteiger partial charge in [-0.1, -0.05) is 5.21 Å². The molecule has 0 aliphatic carbocycles. The van der Waals surface area contributed by atoms with Gasteiger partial charge in [-0.05, 0) is 53.3 Å². The number of nitrogens with two attached hydrogens (primary N) is 1. The number of aromatic amines is 1. The molecule has 5 atom stereocenters. The monoisotopic (exact) mass is 551 g/mol. The van der Waals surface area contributed by atoms with E-state index in [0.29, 0.717) is 12.8 Å². The fourth-order valence-corrected chi connectivity index (χ4v) is 5.11. The number of nitrogens with one attached hydrogen (secondary N) is 1. The first-order valence-corrected chi connectivity index (χ1v) is 12.4. The molecular weight excluding hydrogens is 530 g/mol. The average molecular weight is 552 g/mol. The Hall–Kier alpha value is -3.28. The van der Waals surface area contributed by atoms with Gasteiger partial charge in [0.25, 0.3) is 0 Å². The van der Waals surface area contributed by atoms with E-state index in [9.17, 15) is 20.1 Å². The predicted octanol–water partition coefficient (Wildman–Crippen LogP) is 0.275. The number of carbonyl (C=O) groups is 1. The molecule has 0 aromatic carbocycles. The van der Waals surface area contributed by atoms with Crippen LogP contribution in [0.2, 0.25) is 5.28 Å². The lowest BCUT2D eigenvalue weighted by atomic mass is 9.94. The Morgan fingerprint density at radius 1 is 1.35 bits per heavy atom. The zero-order valence-corrected chi connectivity index (χ0v) is 20.6. The van der Waals surface area contributed by atoms with Crippen LogP contribution in [0.1, 0.15) is 30.5 Å². The summed E-state index contributed by atoms with van der Waals surface area (Å²) >= 11 is 7.46. The Labute approximate surface area is 217 Å². The number of nitrogens with zero attached hydrogens (tertiary/aromatic N) is 7. The zero-order chi connectivity index (χ0) is 26.2. The molecule has 15 nitrogen and oxygen atoms in total. The number of nitrogen functional groups attached to an aromatic ring is 1. The van der Waals surface area contributed by atoms with Crippen molar-refractivity contribution < 1.29 is 29.6 Å². The summed E-state index contributed by atoms with van der Waals surface area (Å²) in [6.45, 7) is -0.404. The van der Waals surface area contributed by atoms with Crippen LogP contribution < -0.4 is 5.73 Å². The Balaban J connectivity index is 1.35. The number of aliphatic hydroxyl groups is 2. The van der Waals surface area contributed by atoms with Crippen molar-refractivity contribution in [3.8, 4) is 0 Å². The van der Waals surface area contributed by atoms with E-state index in [0.717, 1.165) is 5.56 Å². The average Bonchev–Trinajstić information content (AvgIpc) is 3.66. The highest BCUT2D eigenvalue weighted by atomic mass is 35.5. The molecule has 4 aromatic rings. The molecule has 0 saturated carbocycles. The summed E-state index contributed by atoms with van der Waals surface area (Å²) in [7, 11) is 0. The van der Waals surface area contributed by atoms with E-state index in [1.54, 1.807) is 11.3 Å². The molecule has 0 radical (unpaired) electrons. The normalized spacial score (nSPS) is 23.4. The van der Waals surface area contributed by atoms with Crippen LogP contribution in [-0.4, -0.2) is 86.4 Å². The van der Waals surface area contributed by atoms with Gasteiger partial charge in [-0.2, -0.15) is 26.5 Å². The highest BCUT2D eigenvalue weighted by Crippen LogP contribution is 2.35. The van der Waals surface area contributed by atoms with Gasteiger partial charge in [0.2, 0.25) is 16.7 Å². The Kier molecular flexibility index (Phi) is 7.02. The van der Waals surface area contributed by atoms with Gasteiger partial charge in [-0.3, -0.25) is 4.57 Å². The summed E-state index contributed by atoms with van der Waals surface area (Å²) in [5, 5.41) is 48.8. The number of halogens is 1. The minimum absolute atomic E-state index is 0.0212. The lowest BCUT2D eigenvalue weighted by Crippen LogP contribution is -2.44. The maximum absolute atomic E-state index is 12.5. The van der Waals surface area contributed by atoms with Gasteiger partial charge < -0.3 is 30.5 Å². The van der Waals surface area contributed by atoms with Gasteiger partial charge in [0.15, 0.2) is 17.7 Å². The minimum atomic E-state index is -1.97. The van der Waals surface area contributed by atoms with Crippen LogP contribution in [0.25, 0.3) is 11.2 Å². The molecule has 0 bridgehead atoms. The number of hydrogen-bond acceptors (Lipinski definition) is 13. The van der Waals surface area contributed by atoms with Crippen molar-refractivity contribution in [2.24, 2.45) is 0 Å². The molecule has 1 aliphatic rings. The van der Waals surface area contributed by atoms with Gasteiger partial charge in [0, 0.05) is 0 Å². The van der Waals surface area contributed by atoms with E-state index in [1.807, 2.05) is 16.8 Å². The number of aromatic nitrogens is 8. The van der Waals surface area contributed by atoms with Crippen molar-refractivity contribution in [3.63, 3.8) is 0 Å². The first-order chi connectivity index (χ1) is 17.8. The molecule has 4 aromatic heterocycles. The molecule has 5 rings (SSSR count). The Morgan fingerprint density at radius 2 is 2.19 bits per heavy atom. The van der Waals surface area contributed by atoms with Crippen LogP contribution in [0.4, 0.5) is 5.82 Å². The number of tetrazole rings is 1. The first kappa shape index (κ1) is 25.4. The zero-order valence-electron chi connectivity index (χ0n) is 19.0. The number of fused-ring (bicyclic) bond motifs is 1. The second-order valence-corrected chi connectivity index (χ2v) is 9.53. The number of anilines is 1. The lowest BCUT2D eigenvalue weighted by molar-refractivity contribution is -0.179. The molecule has 5 heterocycles. The second kappa shape index (κ2) is 10.2. The molecule has 1 fully saturated rings. The molecule has 1 saturated heterocycles. The number of rotatable bonds is 10. The van der Waals surface area contributed by atoms with Crippen molar-refractivity contribution in [1.82, 2.24) is 40.1 Å². The molecule has 0 amide bonds. The highest BCUT2D eigenvalue weighted by molar-refractivity contribution is 7.07. The Morgan fingerprint density at radius 3 is 2.89 bits per heavy atom. The van der Waals surface area contributed by atoms with Gasteiger partial charge in [-0.15, -0.1) is 10.2 Å². The number of carboxylic acids is 1. The standard InChI is InChI=1S/C20H22ClN9O6S/c21-19-24-14(22)11-15(25-19)30(8-23-11)16-13(32)12(31)10(36-16)6-35-20(18(33)34,17-26-28-29-27-17)4-1-2-9-3-5-37-7-9/h3,5,7-8,10,12-13,16,31-32H,1-2,4,6H2,(H,33,34)(H2,22,24,25)(H,26,27,28,29)/t10-,12-,13-,16-,20?/m1/s1. The third-order valence-electron chi connectivity index (χ3n) is 6.15. The van der Waals surface area contributed by atoms with Crippen molar-refractivity contribution in [2.45, 2.75) is 49.4 Å². The van der Waals surface area contributed by atoms with E-state index in [1.165, 1.54) is 10.9 Å². The molecular formula is C20H22ClN9O6S. The Bertz CT molecular complexity index is 1370. The third-order valence-corrected chi connectivity index (χ3v) is 7.05. The second-order valence-electron chi connectivity index (χ2n) is 8.41. The number of hydrogen-bond donors (Lipinski definition) is 5. The smallest absolute Gasteiger partial charge is 0.344 e. The van der Waals surface area contributed by atoms with Crippen LogP contribution in [0.15, 0.2) is 23.2 Å². The maximum Gasteiger partial charge on any atom is 0.344 e. The number of thiophene rings is 1. The highest BCUT2D eigenvalue weighted by Gasteiger charge is 2.49. The van der Waals surface area contributed by atoms with Crippen molar-refractivity contribution in [3.05, 3.63) is 39.8 Å². The van der Waals surface area contributed by atoms with Crippen LogP contribution in [0.3, 0.4) is 0 Å². The largest absolute Gasteiger partial charge is 0.479 e. The number of ether oxygens (including phenoxy) is 2. The molecule has 37 heavy (non-hydrogen) atoms. The van der Waals surface area contributed by atoms with E-state index in [-0.39, 0.29) is 34.5 Å². The topological polar surface area (TPSA) is 220 Å². The summed E-state index contributed by atoms with van der Waals surface area (Å²) in [5.41, 5.74) is 5.37. The number of H-pyrrole nitrogens is 1. The fraction of sp³-hybridized carbons (Fsp3) is 0.450. The number of aryl methyl sites for hydroxylation is 1. The molecule has 6 N–H and O–H groups in total. The number of aliphatic hydroxyl groups excluding tert-OH is 2. The fourth-order valence-electron chi connectivity index (χ4n) is 4.24. The quantitative estimate of drug-likeness (QED) is 0.167. The SMILES string of the molecule is Nc1nc(Cl)nc2c1ncn2[C@@H]1O[C@H](COC(CCCc2ccsc2)(C(=O)O)c2nn[nH]n2)[C@@H](O)[C@H]1O. The summed E-state index contributed by atoms with van der Waals surface area (Å²) in [6, 6.07) is 1.96. The van der Waals surface area contributed by atoms with Crippen LogP contribution in [-0.2, 0) is 26.3 Å². The van der Waals surface area contributed by atoms with Crippen LogP contribution in [0.5, 0.6) is 0 Å². The van der Waals surface area contributed by atoms with E-state index in [2.05, 4.69) is 35.6 Å². The van der Waals surface area contributed by atoms with E-state index >= 15 is 0 Å². The summed E-state index contributed by atoms with van der Waals surface area (Å²) < 4.78 is 13.1. The maximum atomic E-state index is 12.5.